The predicted octanol–water partition coefficient (Wildman–Crippen LogP) is 2.81. The molecule has 0 aromatic carbocycles. The van der Waals surface area contributed by atoms with Crippen molar-refractivity contribution in [3.63, 3.8) is 0 Å². The molecule has 0 amide bonds. The van der Waals surface area contributed by atoms with Gasteiger partial charge in [0.05, 0.1) is 11.7 Å². The summed E-state index contributed by atoms with van der Waals surface area (Å²) in [6, 6.07) is 0. The summed E-state index contributed by atoms with van der Waals surface area (Å²) in [7, 11) is 0. The third kappa shape index (κ3) is 2.69. The highest BCUT2D eigenvalue weighted by Crippen LogP contribution is 2.21. The molecular weight excluding hydrogens is 192 g/mol. The van der Waals surface area contributed by atoms with Crippen molar-refractivity contribution in [1.29, 1.82) is 0 Å². The molecule has 15 heavy (non-hydrogen) atoms. The number of Topliss-reactive ketones (excluding diaryl/α,β-unsaturated/α-hetero) is 1. The van der Waals surface area contributed by atoms with Crippen LogP contribution in [0.25, 0.3) is 0 Å². The minimum Gasteiger partial charge on any atom is -0.466 e. The van der Waals surface area contributed by atoms with E-state index in [1.54, 1.807) is 0 Å². The molecule has 1 aromatic rings. The zero-order valence-electron chi connectivity index (χ0n) is 10.0. The Morgan fingerprint density at radius 2 is 1.87 bits per heavy atom. The van der Waals surface area contributed by atoms with Crippen molar-refractivity contribution in [2.75, 3.05) is 6.61 Å². The molecule has 0 aliphatic carbocycles. The van der Waals surface area contributed by atoms with Crippen LogP contribution in [0, 0.1) is 20.8 Å². The summed E-state index contributed by atoms with van der Waals surface area (Å²) in [6.07, 6.45) is 0.0718. The third-order valence-corrected chi connectivity index (χ3v) is 2.39. The van der Waals surface area contributed by atoms with Crippen molar-refractivity contribution in [2.45, 2.75) is 40.7 Å². The highest BCUT2D eigenvalue weighted by atomic mass is 16.5. The summed E-state index contributed by atoms with van der Waals surface area (Å²) in [6.45, 7) is 9.51. The molecule has 0 bridgehead atoms. The van der Waals surface area contributed by atoms with Crippen LogP contribution in [-0.2, 0) is 4.74 Å². The fourth-order valence-electron chi connectivity index (χ4n) is 1.52. The van der Waals surface area contributed by atoms with E-state index in [1.807, 2.05) is 34.6 Å². The molecule has 0 aliphatic heterocycles. The van der Waals surface area contributed by atoms with Crippen LogP contribution in [-0.4, -0.2) is 18.5 Å². The second kappa shape index (κ2) is 4.62. The number of ketones is 1. The van der Waals surface area contributed by atoms with Gasteiger partial charge in [0.25, 0.3) is 0 Å². The van der Waals surface area contributed by atoms with Gasteiger partial charge in [0.2, 0.25) is 0 Å². The smallest absolute Gasteiger partial charge is 0.192 e. The molecule has 1 rings (SSSR count). The molecule has 0 aliphatic rings. The zero-order chi connectivity index (χ0) is 11.6. The fourth-order valence-corrected chi connectivity index (χ4v) is 1.52. The maximum Gasteiger partial charge on any atom is 0.192 e. The van der Waals surface area contributed by atoms with Crippen LogP contribution in [0.1, 0.15) is 41.3 Å². The van der Waals surface area contributed by atoms with Gasteiger partial charge in [0, 0.05) is 5.56 Å². The number of carbonyl (C=O) groups excluding carboxylic acids is 1. The minimum atomic E-state index is -0.00412. The Labute approximate surface area is 90.4 Å². The average molecular weight is 210 g/mol. The lowest BCUT2D eigenvalue weighted by molar-refractivity contribution is 0.0583. The predicted molar refractivity (Wildman–Crippen MR) is 58.3 cm³/mol. The Balaban J connectivity index is 2.82. The summed E-state index contributed by atoms with van der Waals surface area (Å²) in [4.78, 5) is 11.8. The second-order valence-electron chi connectivity index (χ2n) is 4.00. The first-order chi connectivity index (χ1) is 6.93. The molecule has 3 nitrogen and oxygen atoms in total. The van der Waals surface area contributed by atoms with Crippen LogP contribution in [0.2, 0.25) is 0 Å². The molecule has 0 unspecified atom stereocenters. The molecule has 0 N–H and O–H groups in total. The van der Waals surface area contributed by atoms with E-state index in [9.17, 15) is 4.79 Å². The van der Waals surface area contributed by atoms with Crippen molar-refractivity contribution < 1.29 is 13.9 Å². The minimum absolute atomic E-state index is 0.00412. The normalized spacial score (nSPS) is 11.1. The van der Waals surface area contributed by atoms with Crippen molar-refractivity contribution in [1.82, 2.24) is 0 Å². The van der Waals surface area contributed by atoms with Crippen LogP contribution >= 0.6 is 0 Å². The van der Waals surface area contributed by atoms with E-state index < -0.39 is 0 Å². The summed E-state index contributed by atoms with van der Waals surface area (Å²) in [5.74, 6) is 1.48. The van der Waals surface area contributed by atoms with Crippen molar-refractivity contribution in [3.8, 4) is 0 Å². The van der Waals surface area contributed by atoms with Crippen molar-refractivity contribution >= 4 is 5.78 Å². The highest BCUT2D eigenvalue weighted by Gasteiger charge is 2.18. The Kier molecular flexibility index (Phi) is 3.69. The average Bonchev–Trinajstić information content (AvgIpc) is 2.37. The molecule has 0 atom stereocenters. The Bertz CT molecular complexity index is 361. The molecule has 0 radical (unpaired) electrons. The van der Waals surface area contributed by atoms with Crippen LogP contribution in [0.3, 0.4) is 0 Å². The van der Waals surface area contributed by atoms with Gasteiger partial charge < -0.3 is 9.15 Å². The van der Waals surface area contributed by atoms with E-state index in [0.29, 0.717) is 11.3 Å². The van der Waals surface area contributed by atoms with E-state index in [1.165, 1.54) is 0 Å². The van der Waals surface area contributed by atoms with Crippen LogP contribution in [0.4, 0.5) is 0 Å². The monoisotopic (exact) mass is 210 g/mol. The van der Waals surface area contributed by atoms with Gasteiger partial charge in [-0.15, -0.1) is 0 Å². The number of carbonyl (C=O) groups is 1. The Morgan fingerprint density at radius 3 is 2.27 bits per heavy atom. The maximum absolute atomic E-state index is 11.8. The van der Waals surface area contributed by atoms with E-state index in [2.05, 4.69) is 0 Å². The van der Waals surface area contributed by atoms with Gasteiger partial charge in [0.15, 0.2) is 5.78 Å². The topological polar surface area (TPSA) is 39.4 Å². The number of hydrogen-bond acceptors (Lipinski definition) is 3. The lowest BCUT2D eigenvalue weighted by Gasteiger charge is -2.06. The van der Waals surface area contributed by atoms with E-state index in [0.717, 1.165) is 11.3 Å². The molecule has 0 saturated heterocycles. The van der Waals surface area contributed by atoms with Gasteiger partial charge in [0.1, 0.15) is 18.1 Å². The summed E-state index contributed by atoms with van der Waals surface area (Å²) >= 11 is 0. The SMILES string of the molecule is Cc1oc(C)c(C(=O)COC(C)C)c1C. The Hall–Kier alpha value is -1.09. The van der Waals surface area contributed by atoms with Gasteiger partial charge in [-0.3, -0.25) is 4.79 Å². The molecule has 0 saturated carbocycles. The van der Waals surface area contributed by atoms with E-state index in [4.69, 9.17) is 9.15 Å². The lowest BCUT2D eigenvalue weighted by atomic mass is 10.1. The van der Waals surface area contributed by atoms with E-state index >= 15 is 0 Å². The molecule has 0 spiro atoms. The molecule has 84 valence electrons. The quantitative estimate of drug-likeness (QED) is 0.717. The number of furan rings is 1. The molecule has 1 heterocycles. The number of rotatable bonds is 4. The maximum atomic E-state index is 11.8. The molecule has 1 aromatic heterocycles. The number of aryl methyl sites for hydroxylation is 2. The van der Waals surface area contributed by atoms with Crippen molar-refractivity contribution in [3.05, 3.63) is 22.6 Å². The van der Waals surface area contributed by atoms with Crippen LogP contribution in [0.5, 0.6) is 0 Å². The first-order valence-electron chi connectivity index (χ1n) is 5.15. The standard InChI is InChI=1S/C12H18O3/c1-7(2)14-6-11(13)12-8(3)9(4)15-10(12)5/h7H,6H2,1-5H3. The fraction of sp³-hybridized carbons (Fsp3) is 0.583. The summed E-state index contributed by atoms with van der Waals surface area (Å²) < 4.78 is 10.7. The van der Waals surface area contributed by atoms with Crippen molar-refractivity contribution in [2.24, 2.45) is 0 Å². The lowest BCUT2D eigenvalue weighted by Crippen LogP contribution is -2.14. The second-order valence-corrected chi connectivity index (χ2v) is 4.00. The first-order valence-corrected chi connectivity index (χ1v) is 5.15. The van der Waals surface area contributed by atoms with Gasteiger partial charge in [-0.25, -0.2) is 0 Å². The molecule has 3 heteroatoms. The summed E-state index contributed by atoms with van der Waals surface area (Å²) in [5, 5.41) is 0. The van der Waals surface area contributed by atoms with Gasteiger partial charge >= 0.3 is 0 Å². The highest BCUT2D eigenvalue weighted by molar-refractivity contribution is 5.99. The number of hydrogen-bond donors (Lipinski definition) is 0. The molecule has 0 fully saturated rings. The van der Waals surface area contributed by atoms with Gasteiger partial charge in [-0.1, -0.05) is 0 Å². The Morgan fingerprint density at radius 1 is 1.27 bits per heavy atom. The van der Waals surface area contributed by atoms with Crippen LogP contribution < -0.4 is 0 Å². The van der Waals surface area contributed by atoms with E-state index in [-0.39, 0.29) is 18.5 Å². The van der Waals surface area contributed by atoms with Gasteiger partial charge in [-0.2, -0.15) is 0 Å². The third-order valence-electron chi connectivity index (χ3n) is 2.39. The summed E-state index contributed by atoms with van der Waals surface area (Å²) in [5.41, 5.74) is 1.60. The van der Waals surface area contributed by atoms with Crippen LogP contribution in [0.15, 0.2) is 4.42 Å². The number of ether oxygens (including phenoxy) is 1. The zero-order valence-corrected chi connectivity index (χ0v) is 10.0. The first kappa shape index (κ1) is 12.0. The van der Waals surface area contributed by atoms with Gasteiger partial charge in [-0.05, 0) is 34.6 Å². The largest absolute Gasteiger partial charge is 0.466 e. The molecular formula is C12H18O3.